The average molecular weight is 444 g/mol. The number of fused-ring (bicyclic) bond motifs is 1. The molecule has 5 rings (SSSR count). The van der Waals surface area contributed by atoms with Crippen LogP contribution in [0.1, 0.15) is 18.9 Å². The maximum Gasteiger partial charge on any atom is 0.288 e. The first kappa shape index (κ1) is 20.6. The molecule has 166 valence electrons. The molecule has 0 amide bonds. The third-order valence-corrected chi connectivity index (χ3v) is 5.94. The monoisotopic (exact) mass is 444 g/mol. The van der Waals surface area contributed by atoms with Crippen molar-refractivity contribution in [2.75, 3.05) is 18.8 Å². The Balaban J connectivity index is 1.56. The van der Waals surface area contributed by atoms with Crippen LogP contribution < -0.4 is 16.0 Å². The van der Waals surface area contributed by atoms with Crippen LogP contribution in [0.25, 0.3) is 22.0 Å². The second-order valence-corrected chi connectivity index (χ2v) is 8.01. The molecule has 1 atom stereocenters. The fourth-order valence-electron chi connectivity index (χ4n) is 4.37. The molecule has 33 heavy (non-hydrogen) atoms. The van der Waals surface area contributed by atoms with Crippen LogP contribution in [0.15, 0.2) is 59.5 Å². The highest BCUT2D eigenvalue weighted by atomic mass is 19.1. The Kier molecular flexibility index (Phi) is 5.18. The summed E-state index contributed by atoms with van der Waals surface area (Å²) in [5.74, 6) is 0.397. The number of nitrogens with zero attached hydrogens (tertiary/aromatic N) is 4. The number of hydrogen-bond donors (Lipinski definition) is 2. The number of H-pyrrole nitrogens is 1. The zero-order valence-corrected chi connectivity index (χ0v) is 17.7. The van der Waals surface area contributed by atoms with Crippen LogP contribution in [0.4, 0.5) is 10.2 Å². The van der Waals surface area contributed by atoms with E-state index in [0.717, 1.165) is 24.0 Å². The van der Waals surface area contributed by atoms with Gasteiger partial charge in [0.15, 0.2) is 23.6 Å². The van der Waals surface area contributed by atoms with Gasteiger partial charge < -0.3 is 19.9 Å². The van der Waals surface area contributed by atoms with Crippen molar-refractivity contribution in [3.63, 3.8) is 0 Å². The molecule has 1 aliphatic heterocycles. The van der Waals surface area contributed by atoms with Gasteiger partial charge in [0.05, 0.1) is 11.4 Å². The molecule has 1 aliphatic rings. The molecule has 0 aliphatic carbocycles. The van der Waals surface area contributed by atoms with Crippen molar-refractivity contribution in [3.05, 3.63) is 70.9 Å². The second-order valence-electron chi connectivity index (χ2n) is 8.01. The van der Waals surface area contributed by atoms with E-state index < -0.39 is 5.82 Å². The lowest BCUT2D eigenvalue weighted by atomic mass is 10.1. The molecule has 0 saturated carbocycles. The molecular formula is C24H21FN6O2. The van der Waals surface area contributed by atoms with Gasteiger partial charge in [-0.25, -0.2) is 9.49 Å². The number of nitrogens with one attached hydrogen (secondary N) is 1. The summed E-state index contributed by atoms with van der Waals surface area (Å²) >= 11 is 0. The quantitative estimate of drug-likeness (QED) is 0.460. The minimum absolute atomic E-state index is 0.0405. The zero-order valence-electron chi connectivity index (χ0n) is 17.7. The van der Waals surface area contributed by atoms with Gasteiger partial charge in [-0.05, 0) is 42.7 Å². The van der Waals surface area contributed by atoms with Gasteiger partial charge >= 0.3 is 0 Å². The molecule has 9 heteroatoms. The highest BCUT2D eigenvalue weighted by Gasteiger charge is 2.25. The number of likely N-dealkylation sites (tertiary alicyclic amines) is 1. The van der Waals surface area contributed by atoms with Gasteiger partial charge in [0.25, 0.3) is 5.56 Å². The first-order valence-corrected chi connectivity index (χ1v) is 10.6. The summed E-state index contributed by atoms with van der Waals surface area (Å²) in [7, 11) is 0. The molecule has 0 spiro atoms. The maximum absolute atomic E-state index is 13.9. The van der Waals surface area contributed by atoms with Crippen LogP contribution in [0.2, 0.25) is 0 Å². The fourth-order valence-corrected chi connectivity index (χ4v) is 4.37. The largest absolute Gasteiger partial charge is 0.454 e. The SMILES string of the molecule is N#CN1CCCC(n2cc(-c3ccc(Oc4ccccc4F)cc3)c3c(N)n[nH]c(=O)c32)C1. The minimum Gasteiger partial charge on any atom is -0.454 e. The van der Waals surface area contributed by atoms with Gasteiger partial charge in [0, 0.05) is 24.8 Å². The third kappa shape index (κ3) is 3.76. The van der Waals surface area contributed by atoms with E-state index in [0.29, 0.717) is 29.7 Å². The number of ether oxygens (including phenoxy) is 1. The van der Waals surface area contributed by atoms with Crippen molar-refractivity contribution in [1.29, 1.82) is 5.26 Å². The summed E-state index contributed by atoms with van der Waals surface area (Å²) in [6, 6.07) is 13.3. The normalized spacial score (nSPS) is 16.0. The van der Waals surface area contributed by atoms with Gasteiger partial charge in [0.1, 0.15) is 11.3 Å². The van der Waals surface area contributed by atoms with Crippen LogP contribution in [0.3, 0.4) is 0 Å². The Hall–Kier alpha value is -4.32. The number of hydrogen-bond acceptors (Lipinski definition) is 6. The van der Waals surface area contributed by atoms with E-state index in [1.807, 2.05) is 22.9 Å². The van der Waals surface area contributed by atoms with E-state index in [1.165, 1.54) is 6.07 Å². The number of benzene rings is 2. The number of halogens is 1. The summed E-state index contributed by atoms with van der Waals surface area (Å²) in [4.78, 5) is 14.5. The number of aromatic amines is 1. The number of nitriles is 1. The summed E-state index contributed by atoms with van der Waals surface area (Å²) in [6.07, 6.45) is 5.80. The van der Waals surface area contributed by atoms with E-state index in [9.17, 15) is 14.4 Å². The minimum atomic E-state index is -0.443. The number of piperidine rings is 1. The Morgan fingerprint density at radius 2 is 2.00 bits per heavy atom. The molecule has 1 saturated heterocycles. The Morgan fingerprint density at radius 1 is 1.21 bits per heavy atom. The third-order valence-electron chi connectivity index (χ3n) is 5.94. The van der Waals surface area contributed by atoms with Crippen molar-refractivity contribution in [2.45, 2.75) is 18.9 Å². The number of nitrogens with two attached hydrogens (primary N) is 1. The maximum atomic E-state index is 13.9. The summed E-state index contributed by atoms with van der Waals surface area (Å²) in [5, 5.41) is 16.3. The van der Waals surface area contributed by atoms with E-state index in [1.54, 1.807) is 35.2 Å². The van der Waals surface area contributed by atoms with E-state index in [4.69, 9.17) is 10.5 Å². The molecule has 3 N–H and O–H groups in total. The van der Waals surface area contributed by atoms with Crippen molar-refractivity contribution < 1.29 is 9.13 Å². The molecule has 0 bridgehead atoms. The predicted molar refractivity (Wildman–Crippen MR) is 122 cm³/mol. The summed E-state index contributed by atoms with van der Waals surface area (Å²) < 4.78 is 21.5. The van der Waals surface area contributed by atoms with E-state index in [2.05, 4.69) is 16.4 Å². The van der Waals surface area contributed by atoms with Crippen molar-refractivity contribution >= 4 is 16.7 Å². The average Bonchev–Trinajstić information content (AvgIpc) is 3.25. The summed E-state index contributed by atoms with van der Waals surface area (Å²) in [5.41, 5.74) is 7.86. The Morgan fingerprint density at radius 3 is 2.76 bits per heavy atom. The smallest absolute Gasteiger partial charge is 0.288 e. The number of nitrogen functional groups attached to an aromatic ring is 1. The first-order valence-electron chi connectivity index (χ1n) is 10.6. The molecule has 0 radical (unpaired) electrons. The van der Waals surface area contributed by atoms with Crippen molar-refractivity contribution in [1.82, 2.24) is 19.7 Å². The van der Waals surface area contributed by atoms with Gasteiger partial charge in [0.2, 0.25) is 0 Å². The molecule has 2 aromatic carbocycles. The van der Waals surface area contributed by atoms with E-state index in [-0.39, 0.29) is 23.2 Å². The van der Waals surface area contributed by atoms with Gasteiger partial charge in [-0.2, -0.15) is 10.4 Å². The lowest BCUT2D eigenvalue weighted by molar-refractivity contribution is 0.248. The number of anilines is 1. The van der Waals surface area contributed by atoms with Crippen LogP contribution >= 0.6 is 0 Å². The first-order chi connectivity index (χ1) is 16.0. The number of aromatic nitrogens is 3. The molecular weight excluding hydrogens is 423 g/mol. The fraction of sp³-hybridized carbons (Fsp3) is 0.208. The number of rotatable bonds is 4. The lowest BCUT2D eigenvalue weighted by Gasteiger charge is -2.30. The summed E-state index contributed by atoms with van der Waals surface area (Å²) in [6.45, 7) is 1.24. The second kappa shape index (κ2) is 8.31. The van der Waals surface area contributed by atoms with Crippen LogP contribution in [-0.2, 0) is 0 Å². The predicted octanol–water partition coefficient (Wildman–Crippen LogP) is 4.02. The Labute approximate surface area is 188 Å². The molecule has 1 unspecified atom stereocenters. The van der Waals surface area contributed by atoms with Crippen molar-refractivity contribution in [3.8, 4) is 28.8 Å². The Bertz CT molecular complexity index is 1420. The number of para-hydroxylation sites is 1. The van der Waals surface area contributed by atoms with Crippen molar-refractivity contribution in [2.24, 2.45) is 0 Å². The zero-order chi connectivity index (χ0) is 22.9. The standard InChI is InChI=1S/C24H21FN6O2/c25-19-5-1-2-6-20(19)33-17-9-7-15(8-10-17)18-13-31(16-4-3-11-30(12-16)14-26)22-21(18)23(27)28-29-24(22)32/h1-2,5-10,13,16H,3-4,11-12H2,(H2,27,28)(H,29,32). The van der Waals surface area contributed by atoms with Crippen LogP contribution in [0, 0.1) is 17.3 Å². The molecule has 1 fully saturated rings. The van der Waals surface area contributed by atoms with Gasteiger partial charge in [-0.15, -0.1) is 0 Å². The van der Waals surface area contributed by atoms with E-state index >= 15 is 0 Å². The highest BCUT2D eigenvalue weighted by molar-refractivity contribution is 6.02. The highest BCUT2D eigenvalue weighted by Crippen LogP contribution is 2.36. The van der Waals surface area contributed by atoms with Crippen LogP contribution in [0.5, 0.6) is 11.5 Å². The van der Waals surface area contributed by atoms with Crippen LogP contribution in [-0.4, -0.2) is 32.8 Å². The molecule has 2 aromatic heterocycles. The molecule has 4 aromatic rings. The molecule has 8 nitrogen and oxygen atoms in total. The molecule has 3 heterocycles. The topological polar surface area (TPSA) is 113 Å². The lowest BCUT2D eigenvalue weighted by Crippen LogP contribution is -2.33. The van der Waals surface area contributed by atoms with Gasteiger partial charge in [-0.1, -0.05) is 24.3 Å². The van der Waals surface area contributed by atoms with Gasteiger partial charge in [-0.3, -0.25) is 4.79 Å².